The lowest BCUT2D eigenvalue weighted by molar-refractivity contribution is 0.0951. The minimum Gasteiger partial charge on any atom is -0.459 e. The van der Waals surface area contributed by atoms with Gasteiger partial charge >= 0.3 is 0 Å². The van der Waals surface area contributed by atoms with Gasteiger partial charge in [0.1, 0.15) is 27.3 Å². The second-order valence-corrected chi connectivity index (χ2v) is 6.31. The van der Waals surface area contributed by atoms with Gasteiger partial charge in [-0.1, -0.05) is 18.2 Å². The zero-order valence-electron chi connectivity index (χ0n) is 13.3. The first-order chi connectivity index (χ1) is 11.1. The van der Waals surface area contributed by atoms with Gasteiger partial charge in [0, 0.05) is 12.5 Å². The van der Waals surface area contributed by atoms with E-state index in [0.717, 1.165) is 27.4 Å². The molecule has 3 rings (SSSR count). The molecule has 3 aromatic rings. The van der Waals surface area contributed by atoms with Crippen LogP contribution in [0, 0.1) is 6.92 Å². The first-order valence-corrected chi connectivity index (χ1v) is 8.16. The number of rotatable bonds is 5. The Morgan fingerprint density at radius 3 is 2.96 bits per heavy atom. The first-order valence-electron chi connectivity index (χ1n) is 7.34. The van der Waals surface area contributed by atoms with Gasteiger partial charge in [-0.2, -0.15) is 0 Å². The number of carbonyl (C=O) groups excluding carboxylic acids is 1. The molecule has 0 saturated carbocycles. The molecule has 1 aromatic carbocycles. The zero-order valence-corrected chi connectivity index (χ0v) is 14.1. The summed E-state index contributed by atoms with van der Waals surface area (Å²) in [7, 11) is 1.63. The van der Waals surface area contributed by atoms with Crippen molar-refractivity contribution in [1.82, 2.24) is 10.3 Å². The van der Waals surface area contributed by atoms with Gasteiger partial charge in [0.05, 0.1) is 12.2 Å². The summed E-state index contributed by atoms with van der Waals surface area (Å²) < 4.78 is 10.9. The van der Waals surface area contributed by atoms with Gasteiger partial charge < -0.3 is 14.5 Å². The third-order valence-electron chi connectivity index (χ3n) is 3.62. The van der Waals surface area contributed by atoms with Gasteiger partial charge in [-0.05, 0) is 26.0 Å². The van der Waals surface area contributed by atoms with Crippen LogP contribution in [-0.2, 0) is 11.3 Å². The van der Waals surface area contributed by atoms with E-state index >= 15 is 0 Å². The topological polar surface area (TPSA) is 64.4 Å². The maximum Gasteiger partial charge on any atom is 0.263 e. The molecule has 2 heterocycles. The summed E-state index contributed by atoms with van der Waals surface area (Å²) in [5, 5.41) is 4.72. The SMILES string of the molecule is COC(C)c1nc(C)c(C(=O)NCc2cc3ccccc3o2)s1. The van der Waals surface area contributed by atoms with Crippen molar-refractivity contribution in [2.24, 2.45) is 0 Å². The lowest BCUT2D eigenvalue weighted by Gasteiger charge is -2.03. The van der Waals surface area contributed by atoms with E-state index in [1.54, 1.807) is 7.11 Å². The van der Waals surface area contributed by atoms with Crippen LogP contribution in [0.2, 0.25) is 0 Å². The Morgan fingerprint density at radius 2 is 2.22 bits per heavy atom. The number of nitrogens with zero attached hydrogens (tertiary/aromatic N) is 1. The van der Waals surface area contributed by atoms with Crippen LogP contribution in [0.25, 0.3) is 11.0 Å². The van der Waals surface area contributed by atoms with Gasteiger partial charge in [0.2, 0.25) is 0 Å². The Hall–Kier alpha value is -2.18. The Balaban J connectivity index is 1.70. The molecule has 0 bridgehead atoms. The maximum absolute atomic E-state index is 12.4. The van der Waals surface area contributed by atoms with E-state index in [4.69, 9.17) is 9.15 Å². The van der Waals surface area contributed by atoms with E-state index in [0.29, 0.717) is 11.4 Å². The van der Waals surface area contributed by atoms with Crippen molar-refractivity contribution in [1.29, 1.82) is 0 Å². The molecule has 1 amide bonds. The lowest BCUT2D eigenvalue weighted by Crippen LogP contribution is -2.22. The number of methoxy groups -OCH3 is 1. The third-order valence-corrected chi connectivity index (χ3v) is 4.94. The Bertz CT molecular complexity index is 804. The van der Waals surface area contributed by atoms with Crippen LogP contribution in [0.15, 0.2) is 34.7 Å². The Morgan fingerprint density at radius 1 is 1.43 bits per heavy atom. The molecule has 1 atom stereocenters. The van der Waals surface area contributed by atoms with Crippen molar-refractivity contribution < 1.29 is 13.9 Å². The monoisotopic (exact) mass is 330 g/mol. The second kappa shape index (κ2) is 6.52. The maximum atomic E-state index is 12.4. The minimum atomic E-state index is -0.144. The number of hydrogen-bond donors (Lipinski definition) is 1. The summed E-state index contributed by atoms with van der Waals surface area (Å²) in [5.41, 5.74) is 1.54. The molecular weight excluding hydrogens is 312 g/mol. The number of nitrogens with one attached hydrogen (secondary N) is 1. The van der Waals surface area contributed by atoms with Gasteiger partial charge in [0.15, 0.2) is 0 Å². The summed E-state index contributed by atoms with van der Waals surface area (Å²) >= 11 is 1.36. The van der Waals surface area contributed by atoms with Crippen LogP contribution >= 0.6 is 11.3 Å². The molecule has 5 nitrogen and oxygen atoms in total. The molecule has 0 fully saturated rings. The highest BCUT2D eigenvalue weighted by molar-refractivity contribution is 7.13. The number of furan rings is 1. The smallest absolute Gasteiger partial charge is 0.263 e. The molecule has 0 radical (unpaired) electrons. The van der Waals surface area contributed by atoms with E-state index in [-0.39, 0.29) is 12.0 Å². The number of carbonyl (C=O) groups is 1. The summed E-state index contributed by atoms with van der Waals surface area (Å²) in [6, 6.07) is 9.71. The first kappa shape index (κ1) is 15.7. The predicted molar refractivity (Wildman–Crippen MR) is 89.7 cm³/mol. The van der Waals surface area contributed by atoms with Gasteiger partial charge in [-0.3, -0.25) is 4.79 Å². The number of ether oxygens (including phenoxy) is 1. The number of thiazole rings is 1. The fraction of sp³-hybridized carbons (Fsp3) is 0.294. The molecule has 0 aliphatic heterocycles. The van der Waals surface area contributed by atoms with Gasteiger partial charge in [0.25, 0.3) is 5.91 Å². The molecule has 2 aromatic heterocycles. The number of aryl methyl sites for hydroxylation is 1. The fourth-order valence-corrected chi connectivity index (χ4v) is 3.29. The van der Waals surface area contributed by atoms with Crippen LogP contribution < -0.4 is 5.32 Å². The van der Waals surface area contributed by atoms with Crippen LogP contribution in [-0.4, -0.2) is 18.0 Å². The largest absolute Gasteiger partial charge is 0.459 e. The molecule has 0 spiro atoms. The Kier molecular flexibility index (Phi) is 4.45. The normalized spacial score (nSPS) is 12.5. The van der Waals surface area contributed by atoms with Crippen molar-refractivity contribution in [3.05, 3.63) is 51.7 Å². The standard InChI is InChI=1S/C17H18N2O3S/c1-10-15(23-17(19-10)11(2)21-3)16(20)18-9-13-8-12-6-4-5-7-14(12)22-13/h4-8,11H,9H2,1-3H3,(H,18,20). The summed E-state index contributed by atoms with van der Waals surface area (Å²) in [6.45, 7) is 4.09. The number of para-hydroxylation sites is 1. The quantitative estimate of drug-likeness (QED) is 0.772. The number of amides is 1. The highest BCUT2D eigenvalue weighted by Crippen LogP contribution is 2.25. The number of hydrogen-bond acceptors (Lipinski definition) is 5. The van der Waals surface area contributed by atoms with Gasteiger partial charge in [-0.15, -0.1) is 11.3 Å². The number of fused-ring (bicyclic) bond motifs is 1. The fourth-order valence-electron chi connectivity index (χ4n) is 2.27. The molecule has 0 saturated heterocycles. The van der Waals surface area contributed by atoms with Crippen molar-refractivity contribution in [2.45, 2.75) is 26.5 Å². The number of benzene rings is 1. The molecule has 1 unspecified atom stereocenters. The summed E-state index contributed by atoms with van der Waals surface area (Å²) in [4.78, 5) is 17.4. The van der Waals surface area contributed by atoms with Crippen LogP contribution in [0.4, 0.5) is 0 Å². The predicted octanol–water partition coefficient (Wildman–Crippen LogP) is 3.84. The molecular formula is C17H18N2O3S. The molecule has 23 heavy (non-hydrogen) atoms. The van der Waals surface area contributed by atoms with E-state index < -0.39 is 0 Å². The van der Waals surface area contributed by atoms with Crippen LogP contribution in [0.1, 0.15) is 39.2 Å². The van der Waals surface area contributed by atoms with Crippen molar-refractivity contribution >= 4 is 28.2 Å². The molecule has 0 aliphatic rings. The average molecular weight is 330 g/mol. The summed E-state index contributed by atoms with van der Waals surface area (Å²) in [6.07, 6.45) is -0.115. The molecule has 120 valence electrons. The van der Waals surface area contributed by atoms with Gasteiger partial charge in [-0.25, -0.2) is 4.98 Å². The second-order valence-electron chi connectivity index (χ2n) is 5.28. The van der Waals surface area contributed by atoms with Crippen molar-refractivity contribution in [3.8, 4) is 0 Å². The zero-order chi connectivity index (χ0) is 16.4. The Labute approximate surface area is 138 Å². The number of aromatic nitrogens is 1. The van der Waals surface area contributed by atoms with Crippen LogP contribution in [0.5, 0.6) is 0 Å². The third kappa shape index (κ3) is 3.28. The summed E-state index contributed by atoms with van der Waals surface area (Å²) in [5.74, 6) is 0.585. The minimum absolute atomic E-state index is 0.115. The van der Waals surface area contributed by atoms with E-state index in [1.807, 2.05) is 44.2 Å². The molecule has 6 heteroatoms. The lowest BCUT2D eigenvalue weighted by atomic mass is 10.2. The highest BCUT2D eigenvalue weighted by atomic mass is 32.1. The van der Waals surface area contributed by atoms with E-state index in [9.17, 15) is 4.79 Å². The van der Waals surface area contributed by atoms with E-state index in [2.05, 4.69) is 10.3 Å². The average Bonchev–Trinajstić information content (AvgIpc) is 3.14. The molecule has 1 N–H and O–H groups in total. The van der Waals surface area contributed by atoms with E-state index in [1.165, 1.54) is 11.3 Å². The van der Waals surface area contributed by atoms with Crippen molar-refractivity contribution in [2.75, 3.05) is 7.11 Å². The highest BCUT2D eigenvalue weighted by Gasteiger charge is 2.18. The van der Waals surface area contributed by atoms with Crippen LogP contribution in [0.3, 0.4) is 0 Å². The molecule has 0 aliphatic carbocycles. The van der Waals surface area contributed by atoms with Crippen molar-refractivity contribution in [3.63, 3.8) is 0 Å².